The van der Waals surface area contributed by atoms with Crippen LogP contribution in [0, 0.1) is 0 Å². The van der Waals surface area contributed by atoms with Gasteiger partial charge in [-0.3, -0.25) is 0 Å². The Labute approximate surface area is 132 Å². The molecule has 7 heteroatoms. The van der Waals surface area contributed by atoms with Gasteiger partial charge in [-0.1, -0.05) is 43.4 Å². The van der Waals surface area contributed by atoms with Gasteiger partial charge in [-0.05, 0) is 12.5 Å². The second-order valence-corrected chi connectivity index (χ2v) is 6.91. The maximum atomic E-state index is 12.4. The molecule has 0 heterocycles. The number of nitrogens with two attached hydrogens (primary N) is 1. The molecule has 0 bridgehead atoms. The summed E-state index contributed by atoms with van der Waals surface area (Å²) < 4.78 is 31.4. The lowest BCUT2D eigenvalue weighted by Gasteiger charge is -2.20. The van der Waals surface area contributed by atoms with E-state index in [9.17, 15) is 8.42 Å². The first-order valence-electron chi connectivity index (χ1n) is 6.85. The van der Waals surface area contributed by atoms with E-state index in [-0.39, 0.29) is 5.75 Å². The molecule has 0 amide bonds. The molecule has 1 rings (SSSR count). The highest BCUT2D eigenvalue weighted by Gasteiger charge is 2.20. The van der Waals surface area contributed by atoms with Crippen molar-refractivity contribution in [3.8, 4) is 0 Å². The Morgan fingerprint density at radius 3 is 2.38 bits per heavy atom. The highest BCUT2D eigenvalue weighted by molar-refractivity contribution is 7.88. The van der Waals surface area contributed by atoms with Crippen LogP contribution in [0.2, 0.25) is 0 Å². The van der Waals surface area contributed by atoms with Crippen molar-refractivity contribution < 1.29 is 13.2 Å². The van der Waals surface area contributed by atoms with E-state index in [4.69, 9.17) is 22.7 Å². The fraction of sp³-hybridized carbons (Fsp3) is 0.500. The largest absolute Gasteiger partial charge is 0.389 e. The summed E-state index contributed by atoms with van der Waals surface area (Å²) in [6.07, 6.45) is 0. The van der Waals surface area contributed by atoms with Gasteiger partial charge in [0.15, 0.2) is 0 Å². The molecule has 0 radical (unpaired) electrons. The van der Waals surface area contributed by atoms with Crippen LogP contribution in [0.4, 0.5) is 0 Å². The number of thiocarbonyl (C=S) groups is 1. The number of nitrogens with zero attached hydrogens (tertiary/aromatic N) is 1. The topological polar surface area (TPSA) is 72.6 Å². The Balaban J connectivity index is 2.75. The third-order valence-electron chi connectivity index (χ3n) is 3.02. The first-order chi connectivity index (χ1) is 9.90. The van der Waals surface area contributed by atoms with Crippen LogP contribution >= 0.6 is 12.2 Å². The molecule has 0 aliphatic rings. The molecule has 0 saturated carbocycles. The van der Waals surface area contributed by atoms with Crippen molar-refractivity contribution in [2.45, 2.75) is 19.6 Å². The number of benzene rings is 1. The molecule has 0 saturated heterocycles. The summed E-state index contributed by atoms with van der Waals surface area (Å²) in [5, 5.41) is 0. The first kappa shape index (κ1) is 18.0. The van der Waals surface area contributed by atoms with Crippen LogP contribution in [0.3, 0.4) is 0 Å². The lowest BCUT2D eigenvalue weighted by molar-refractivity contribution is 0.135. The molecule has 0 fully saturated rings. The number of hydrogen-bond donors (Lipinski definition) is 1. The predicted octanol–water partition coefficient (Wildman–Crippen LogP) is 1.51. The average Bonchev–Trinajstić information content (AvgIpc) is 2.43. The minimum atomic E-state index is -3.35. The molecular weight excluding hydrogens is 308 g/mol. The molecule has 2 N–H and O–H groups in total. The number of ether oxygens (including phenoxy) is 1. The van der Waals surface area contributed by atoms with Gasteiger partial charge in [0.05, 0.1) is 12.4 Å². The van der Waals surface area contributed by atoms with Crippen molar-refractivity contribution in [3.63, 3.8) is 0 Å². The van der Waals surface area contributed by atoms with Gasteiger partial charge in [0, 0.05) is 25.3 Å². The maximum absolute atomic E-state index is 12.4. The Kier molecular flexibility index (Phi) is 7.24. The van der Waals surface area contributed by atoms with E-state index < -0.39 is 10.0 Å². The fourth-order valence-electron chi connectivity index (χ4n) is 1.87. The number of likely N-dealkylation sites (N-methyl/N-ethyl adjacent to an activating group) is 1. The van der Waals surface area contributed by atoms with Crippen molar-refractivity contribution in [1.82, 2.24) is 4.31 Å². The molecule has 0 aromatic heterocycles. The number of hydrogen-bond acceptors (Lipinski definition) is 4. The molecule has 118 valence electrons. The van der Waals surface area contributed by atoms with Crippen molar-refractivity contribution in [2.24, 2.45) is 5.73 Å². The predicted molar refractivity (Wildman–Crippen MR) is 88.7 cm³/mol. The second kappa shape index (κ2) is 8.43. The smallest absolute Gasteiger partial charge is 0.218 e. The quantitative estimate of drug-likeness (QED) is 0.549. The molecule has 1 aromatic carbocycles. The van der Waals surface area contributed by atoms with Crippen LogP contribution in [0.1, 0.15) is 25.0 Å². The minimum Gasteiger partial charge on any atom is -0.389 e. The monoisotopic (exact) mass is 330 g/mol. The molecule has 0 unspecified atom stereocenters. The Bertz CT molecular complexity index is 556. The third kappa shape index (κ3) is 5.70. The SMILES string of the molecule is CCOCCN(CC)S(=O)(=O)Cc1ccc(C(N)=S)cc1. The van der Waals surface area contributed by atoms with E-state index in [0.29, 0.717) is 36.9 Å². The van der Waals surface area contributed by atoms with Gasteiger partial charge >= 0.3 is 0 Å². The molecule has 1 aromatic rings. The Morgan fingerprint density at radius 2 is 1.90 bits per heavy atom. The van der Waals surface area contributed by atoms with E-state index in [0.717, 1.165) is 5.56 Å². The van der Waals surface area contributed by atoms with Crippen LogP contribution in [0.15, 0.2) is 24.3 Å². The van der Waals surface area contributed by atoms with Gasteiger partial charge in [0.2, 0.25) is 10.0 Å². The Morgan fingerprint density at radius 1 is 1.29 bits per heavy atom. The van der Waals surface area contributed by atoms with Gasteiger partial charge in [-0.2, -0.15) is 4.31 Å². The maximum Gasteiger partial charge on any atom is 0.218 e. The van der Waals surface area contributed by atoms with Gasteiger partial charge in [0.25, 0.3) is 0 Å². The highest BCUT2D eigenvalue weighted by atomic mass is 32.2. The van der Waals surface area contributed by atoms with Gasteiger partial charge < -0.3 is 10.5 Å². The van der Waals surface area contributed by atoms with Gasteiger partial charge in [-0.25, -0.2) is 8.42 Å². The molecular formula is C14H22N2O3S2. The Hall–Kier alpha value is -1.02. The fourth-order valence-corrected chi connectivity index (χ4v) is 3.55. The van der Waals surface area contributed by atoms with Gasteiger partial charge in [-0.15, -0.1) is 0 Å². The summed E-state index contributed by atoms with van der Waals surface area (Å²) in [6.45, 7) is 5.49. The van der Waals surface area contributed by atoms with E-state index in [1.54, 1.807) is 24.3 Å². The summed E-state index contributed by atoms with van der Waals surface area (Å²) in [5.74, 6) is -0.0371. The zero-order chi connectivity index (χ0) is 15.9. The minimum absolute atomic E-state index is 0.0371. The summed E-state index contributed by atoms with van der Waals surface area (Å²) in [7, 11) is -3.35. The molecule has 5 nitrogen and oxygen atoms in total. The zero-order valence-electron chi connectivity index (χ0n) is 12.4. The van der Waals surface area contributed by atoms with Crippen LogP contribution in [-0.4, -0.2) is 44.0 Å². The molecule has 0 atom stereocenters. The van der Waals surface area contributed by atoms with E-state index in [1.807, 2.05) is 13.8 Å². The average molecular weight is 330 g/mol. The summed E-state index contributed by atoms with van der Waals surface area (Å²) in [6, 6.07) is 6.96. The summed E-state index contributed by atoms with van der Waals surface area (Å²) in [4.78, 5) is 0.302. The van der Waals surface area contributed by atoms with Crippen molar-refractivity contribution in [2.75, 3.05) is 26.3 Å². The van der Waals surface area contributed by atoms with Crippen molar-refractivity contribution in [3.05, 3.63) is 35.4 Å². The van der Waals surface area contributed by atoms with Crippen LogP contribution in [0.5, 0.6) is 0 Å². The molecule has 0 aliphatic heterocycles. The summed E-state index contributed by atoms with van der Waals surface area (Å²) in [5.41, 5.74) is 6.96. The number of rotatable bonds is 9. The second-order valence-electron chi connectivity index (χ2n) is 4.51. The molecule has 21 heavy (non-hydrogen) atoms. The van der Waals surface area contributed by atoms with E-state index in [2.05, 4.69) is 0 Å². The van der Waals surface area contributed by atoms with Crippen LogP contribution < -0.4 is 5.73 Å². The van der Waals surface area contributed by atoms with Gasteiger partial charge in [0.1, 0.15) is 4.99 Å². The lowest BCUT2D eigenvalue weighted by Crippen LogP contribution is -2.34. The molecule has 0 aliphatic carbocycles. The van der Waals surface area contributed by atoms with Crippen molar-refractivity contribution in [1.29, 1.82) is 0 Å². The first-order valence-corrected chi connectivity index (χ1v) is 8.86. The number of sulfonamides is 1. The highest BCUT2D eigenvalue weighted by Crippen LogP contribution is 2.12. The van der Waals surface area contributed by atoms with E-state index >= 15 is 0 Å². The third-order valence-corrected chi connectivity index (χ3v) is 5.18. The van der Waals surface area contributed by atoms with Crippen LogP contribution in [-0.2, 0) is 20.5 Å². The lowest BCUT2D eigenvalue weighted by atomic mass is 10.1. The zero-order valence-corrected chi connectivity index (χ0v) is 14.0. The van der Waals surface area contributed by atoms with Crippen LogP contribution in [0.25, 0.3) is 0 Å². The van der Waals surface area contributed by atoms with Crippen molar-refractivity contribution >= 4 is 27.2 Å². The molecule has 0 spiro atoms. The normalized spacial score (nSPS) is 11.8. The van der Waals surface area contributed by atoms with E-state index in [1.165, 1.54) is 4.31 Å². The summed E-state index contributed by atoms with van der Waals surface area (Å²) >= 11 is 4.87. The standard InChI is InChI=1S/C14H22N2O3S2/c1-3-16(9-10-19-4-2)21(17,18)11-12-5-7-13(8-6-12)14(15)20/h5-8H,3-4,9-11H2,1-2H3,(H2,15,20).